The smallest absolute Gasteiger partial charge is 0.126 e. The fourth-order valence-corrected chi connectivity index (χ4v) is 1.35. The van der Waals surface area contributed by atoms with Gasteiger partial charge in [-0.3, -0.25) is 0 Å². The molecule has 0 aromatic heterocycles. The van der Waals surface area contributed by atoms with Crippen LogP contribution in [-0.4, -0.2) is 30.6 Å². The van der Waals surface area contributed by atoms with Crippen molar-refractivity contribution in [3.05, 3.63) is 0 Å². The van der Waals surface area contributed by atoms with E-state index in [-0.39, 0.29) is 12.7 Å². The number of aliphatic hydroxyl groups is 1. The highest BCUT2D eigenvalue weighted by Gasteiger charge is 2.18. The highest BCUT2D eigenvalue weighted by molar-refractivity contribution is 4.67. The lowest BCUT2D eigenvalue weighted by molar-refractivity contribution is -0.00889. The zero-order chi connectivity index (χ0) is 8.10. The molecular weight excluding hydrogens is 147 g/mol. The van der Waals surface area contributed by atoms with Gasteiger partial charge in [0.15, 0.2) is 0 Å². The minimum atomic E-state index is -1.10. The molecule has 1 N–H and O–H groups in total. The molecule has 2 atom stereocenters. The van der Waals surface area contributed by atoms with Crippen LogP contribution in [0.5, 0.6) is 0 Å². The molecular formula is C8H15FO2. The van der Waals surface area contributed by atoms with E-state index in [1.807, 2.05) is 0 Å². The molecule has 0 aromatic rings. The average Bonchev–Trinajstić information content (AvgIpc) is 2.06. The first-order valence-electron chi connectivity index (χ1n) is 4.19. The second-order valence-electron chi connectivity index (χ2n) is 3.00. The van der Waals surface area contributed by atoms with Gasteiger partial charge in [-0.25, -0.2) is 4.39 Å². The van der Waals surface area contributed by atoms with Crippen LogP contribution in [0.3, 0.4) is 0 Å². The third-order valence-electron chi connectivity index (χ3n) is 1.99. The molecule has 11 heavy (non-hydrogen) atoms. The van der Waals surface area contributed by atoms with Gasteiger partial charge in [0.05, 0.1) is 12.7 Å². The van der Waals surface area contributed by atoms with Crippen LogP contribution in [-0.2, 0) is 4.74 Å². The van der Waals surface area contributed by atoms with Crippen molar-refractivity contribution in [3.63, 3.8) is 0 Å². The SMILES string of the molecule is OC[C@H](F)C[C@H]1CCCCO1. The summed E-state index contributed by atoms with van der Waals surface area (Å²) in [5.41, 5.74) is 0. The molecule has 1 heterocycles. The van der Waals surface area contributed by atoms with Crippen molar-refractivity contribution in [2.45, 2.75) is 38.0 Å². The van der Waals surface area contributed by atoms with Gasteiger partial charge in [-0.15, -0.1) is 0 Å². The Morgan fingerprint density at radius 2 is 2.36 bits per heavy atom. The first-order valence-corrected chi connectivity index (χ1v) is 4.19. The van der Waals surface area contributed by atoms with Gasteiger partial charge in [-0.05, 0) is 19.3 Å². The van der Waals surface area contributed by atoms with E-state index in [4.69, 9.17) is 9.84 Å². The molecule has 1 aliphatic heterocycles. The van der Waals surface area contributed by atoms with Crippen LogP contribution in [0.4, 0.5) is 4.39 Å². The van der Waals surface area contributed by atoms with Crippen molar-refractivity contribution in [1.82, 2.24) is 0 Å². The van der Waals surface area contributed by atoms with Crippen LogP contribution in [0.25, 0.3) is 0 Å². The Balaban J connectivity index is 2.13. The van der Waals surface area contributed by atoms with E-state index in [0.717, 1.165) is 25.9 Å². The van der Waals surface area contributed by atoms with Gasteiger partial charge >= 0.3 is 0 Å². The molecule has 1 aliphatic rings. The lowest BCUT2D eigenvalue weighted by Crippen LogP contribution is -2.24. The molecule has 0 aliphatic carbocycles. The summed E-state index contributed by atoms with van der Waals surface area (Å²) in [5, 5.41) is 8.43. The largest absolute Gasteiger partial charge is 0.393 e. The van der Waals surface area contributed by atoms with Gasteiger partial charge in [0.1, 0.15) is 6.17 Å². The normalized spacial score (nSPS) is 28.4. The van der Waals surface area contributed by atoms with Crippen LogP contribution >= 0.6 is 0 Å². The number of hydrogen-bond donors (Lipinski definition) is 1. The standard InChI is InChI=1S/C8H15FO2/c9-7(6-10)5-8-3-1-2-4-11-8/h7-8,10H,1-6H2/t7-,8-/m1/s1. The van der Waals surface area contributed by atoms with Crippen molar-refractivity contribution in [2.75, 3.05) is 13.2 Å². The zero-order valence-electron chi connectivity index (χ0n) is 6.63. The van der Waals surface area contributed by atoms with Crippen LogP contribution in [0.2, 0.25) is 0 Å². The number of ether oxygens (including phenoxy) is 1. The molecule has 1 rings (SSSR count). The van der Waals surface area contributed by atoms with E-state index in [9.17, 15) is 4.39 Å². The van der Waals surface area contributed by atoms with Gasteiger partial charge in [0, 0.05) is 13.0 Å². The van der Waals surface area contributed by atoms with Crippen molar-refractivity contribution in [3.8, 4) is 0 Å². The Labute approximate surface area is 66.4 Å². The molecule has 0 spiro atoms. The maximum Gasteiger partial charge on any atom is 0.126 e. The van der Waals surface area contributed by atoms with E-state index >= 15 is 0 Å². The van der Waals surface area contributed by atoms with Crippen molar-refractivity contribution >= 4 is 0 Å². The van der Waals surface area contributed by atoms with Gasteiger partial charge in [0.2, 0.25) is 0 Å². The van der Waals surface area contributed by atoms with Crippen molar-refractivity contribution in [1.29, 1.82) is 0 Å². The topological polar surface area (TPSA) is 29.5 Å². The minimum Gasteiger partial charge on any atom is -0.393 e. The number of rotatable bonds is 3. The highest BCUT2D eigenvalue weighted by Crippen LogP contribution is 2.17. The van der Waals surface area contributed by atoms with Crippen LogP contribution < -0.4 is 0 Å². The highest BCUT2D eigenvalue weighted by atomic mass is 19.1. The van der Waals surface area contributed by atoms with E-state index in [1.165, 1.54) is 0 Å². The number of hydrogen-bond acceptors (Lipinski definition) is 2. The van der Waals surface area contributed by atoms with Gasteiger partial charge in [0.25, 0.3) is 0 Å². The second kappa shape index (κ2) is 4.67. The molecule has 0 bridgehead atoms. The molecule has 1 fully saturated rings. The predicted octanol–water partition coefficient (Wildman–Crippen LogP) is 1.28. The summed E-state index contributed by atoms with van der Waals surface area (Å²) in [5.74, 6) is 0. The number of aliphatic hydroxyl groups excluding tert-OH is 1. The van der Waals surface area contributed by atoms with Crippen molar-refractivity contribution < 1.29 is 14.2 Å². The maximum atomic E-state index is 12.6. The molecule has 0 saturated carbocycles. The molecule has 0 unspecified atom stereocenters. The Morgan fingerprint density at radius 1 is 1.55 bits per heavy atom. The van der Waals surface area contributed by atoms with Crippen LogP contribution in [0, 0.1) is 0 Å². The van der Waals surface area contributed by atoms with Crippen LogP contribution in [0.15, 0.2) is 0 Å². The Bertz CT molecular complexity index is 102. The minimum absolute atomic E-state index is 0.0471. The summed E-state index contributed by atoms with van der Waals surface area (Å²) in [6, 6.07) is 0. The summed E-state index contributed by atoms with van der Waals surface area (Å²) in [7, 11) is 0. The lowest BCUT2D eigenvalue weighted by Gasteiger charge is -2.23. The molecule has 2 nitrogen and oxygen atoms in total. The second-order valence-corrected chi connectivity index (χ2v) is 3.00. The van der Waals surface area contributed by atoms with E-state index in [1.54, 1.807) is 0 Å². The van der Waals surface area contributed by atoms with Gasteiger partial charge < -0.3 is 9.84 Å². The third-order valence-corrected chi connectivity index (χ3v) is 1.99. The van der Waals surface area contributed by atoms with Gasteiger partial charge in [-0.1, -0.05) is 0 Å². The summed E-state index contributed by atoms with van der Waals surface area (Å²) in [6.45, 7) is 0.378. The summed E-state index contributed by atoms with van der Waals surface area (Å²) in [6.07, 6.45) is 2.47. The number of alkyl halides is 1. The van der Waals surface area contributed by atoms with E-state index in [2.05, 4.69) is 0 Å². The molecule has 0 radical (unpaired) electrons. The zero-order valence-corrected chi connectivity index (χ0v) is 6.63. The fraction of sp³-hybridized carbons (Fsp3) is 1.00. The molecule has 3 heteroatoms. The quantitative estimate of drug-likeness (QED) is 0.677. The molecule has 66 valence electrons. The Hall–Kier alpha value is -0.150. The summed E-state index contributed by atoms with van der Waals surface area (Å²) in [4.78, 5) is 0. The first kappa shape index (κ1) is 8.94. The monoisotopic (exact) mass is 162 g/mol. The molecule has 0 amide bonds. The lowest BCUT2D eigenvalue weighted by atomic mass is 10.0. The molecule has 0 aromatic carbocycles. The average molecular weight is 162 g/mol. The Kier molecular flexibility index (Phi) is 3.80. The van der Waals surface area contributed by atoms with E-state index < -0.39 is 6.17 Å². The third kappa shape index (κ3) is 3.16. The predicted molar refractivity (Wildman–Crippen MR) is 40.2 cm³/mol. The fourth-order valence-electron chi connectivity index (χ4n) is 1.35. The molecule has 1 saturated heterocycles. The number of halogens is 1. The van der Waals surface area contributed by atoms with E-state index in [0.29, 0.717) is 6.42 Å². The summed E-state index contributed by atoms with van der Waals surface area (Å²) < 4.78 is 17.9. The van der Waals surface area contributed by atoms with Crippen molar-refractivity contribution in [2.24, 2.45) is 0 Å². The Morgan fingerprint density at radius 3 is 2.91 bits per heavy atom. The van der Waals surface area contributed by atoms with Gasteiger partial charge in [-0.2, -0.15) is 0 Å². The summed E-state index contributed by atoms with van der Waals surface area (Å²) >= 11 is 0. The maximum absolute atomic E-state index is 12.6. The first-order chi connectivity index (χ1) is 5.33. The van der Waals surface area contributed by atoms with Crippen LogP contribution in [0.1, 0.15) is 25.7 Å².